The van der Waals surface area contributed by atoms with Gasteiger partial charge in [-0.2, -0.15) is 0 Å². The summed E-state index contributed by atoms with van der Waals surface area (Å²) in [6.45, 7) is 2.31. The SMILES string of the molecule is CC[C@H](Oc1ccc(OC)cc1)C(=O)NCc1ccccc1OC. The number of hydrogen-bond donors (Lipinski definition) is 1. The molecule has 1 amide bonds. The Bertz CT molecular complexity index is 655. The van der Waals surface area contributed by atoms with Gasteiger partial charge in [0.15, 0.2) is 6.10 Å². The first-order valence-corrected chi connectivity index (χ1v) is 7.88. The molecule has 0 heterocycles. The van der Waals surface area contributed by atoms with E-state index in [4.69, 9.17) is 14.2 Å². The maximum atomic E-state index is 12.4. The summed E-state index contributed by atoms with van der Waals surface area (Å²) in [7, 11) is 3.22. The van der Waals surface area contributed by atoms with Gasteiger partial charge in [0.1, 0.15) is 17.2 Å². The van der Waals surface area contributed by atoms with Gasteiger partial charge in [0, 0.05) is 12.1 Å². The second-order valence-corrected chi connectivity index (χ2v) is 5.22. The molecule has 128 valence electrons. The lowest BCUT2D eigenvalue weighted by Crippen LogP contribution is -2.37. The molecule has 1 N–H and O–H groups in total. The number of carbonyl (C=O) groups is 1. The number of nitrogens with one attached hydrogen (secondary N) is 1. The van der Waals surface area contributed by atoms with Crippen molar-refractivity contribution in [3.8, 4) is 17.2 Å². The van der Waals surface area contributed by atoms with Gasteiger partial charge >= 0.3 is 0 Å². The van der Waals surface area contributed by atoms with Crippen molar-refractivity contribution in [2.24, 2.45) is 0 Å². The molecule has 0 aliphatic carbocycles. The Kier molecular flexibility index (Phi) is 6.49. The lowest BCUT2D eigenvalue weighted by Gasteiger charge is -2.18. The Balaban J connectivity index is 1.95. The van der Waals surface area contributed by atoms with Gasteiger partial charge in [0.05, 0.1) is 14.2 Å². The van der Waals surface area contributed by atoms with E-state index < -0.39 is 6.10 Å². The minimum absolute atomic E-state index is 0.153. The van der Waals surface area contributed by atoms with Crippen LogP contribution in [0.2, 0.25) is 0 Å². The molecule has 0 radical (unpaired) electrons. The molecule has 0 saturated carbocycles. The van der Waals surface area contributed by atoms with Crippen LogP contribution in [0.3, 0.4) is 0 Å². The monoisotopic (exact) mass is 329 g/mol. The molecule has 0 aliphatic heterocycles. The molecule has 2 aromatic carbocycles. The van der Waals surface area contributed by atoms with Crippen LogP contribution in [-0.4, -0.2) is 26.2 Å². The van der Waals surface area contributed by atoms with Crippen LogP contribution in [0.1, 0.15) is 18.9 Å². The minimum atomic E-state index is -0.548. The van der Waals surface area contributed by atoms with Crippen LogP contribution in [0, 0.1) is 0 Å². The van der Waals surface area contributed by atoms with Gasteiger partial charge in [-0.25, -0.2) is 0 Å². The molecule has 0 bridgehead atoms. The van der Waals surface area contributed by atoms with Gasteiger partial charge in [-0.3, -0.25) is 4.79 Å². The summed E-state index contributed by atoms with van der Waals surface area (Å²) in [6.07, 6.45) is 0.0251. The number of benzene rings is 2. The van der Waals surface area contributed by atoms with Crippen molar-refractivity contribution >= 4 is 5.91 Å². The molecule has 0 unspecified atom stereocenters. The molecular formula is C19H23NO4. The highest BCUT2D eigenvalue weighted by Crippen LogP contribution is 2.20. The van der Waals surface area contributed by atoms with E-state index in [1.54, 1.807) is 38.5 Å². The maximum absolute atomic E-state index is 12.4. The topological polar surface area (TPSA) is 56.8 Å². The van der Waals surface area contributed by atoms with Crippen LogP contribution < -0.4 is 19.5 Å². The first-order valence-electron chi connectivity index (χ1n) is 7.88. The summed E-state index contributed by atoms with van der Waals surface area (Å²) in [5.74, 6) is 1.98. The predicted molar refractivity (Wildman–Crippen MR) is 92.5 cm³/mol. The predicted octanol–water partition coefficient (Wildman–Crippen LogP) is 3.18. The van der Waals surface area contributed by atoms with E-state index in [1.807, 2.05) is 31.2 Å². The van der Waals surface area contributed by atoms with Gasteiger partial charge in [-0.15, -0.1) is 0 Å². The summed E-state index contributed by atoms with van der Waals surface area (Å²) in [5, 5.41) is 2.90. The molecule has 24 heavy (non-hydrogen) atoms. The first kappa shape index (κ1) is 17.7. The summed E-state index contributed by atoms with van der Waals surface area (Å²) in [5.41, 5.74) is 0.924. The fourth-order valence-electron chi connectivity index (χ4n) is 2.29. The van der Waals surface area contributed by atoms with E-state index >= 15 is 0 Å². The zero-order valence-electron chi connectivity index (χ0n) is 14.2. The smallest absolute Gasteiger partial charge is 0.261 e. The molecular weight excluding hydrogens is 306 g/mol. The van der Waals surface area contributed by atoms with Crippen molar-refractivity contribution in [1.29, 1.82) is 0 Å². The van der Waals surface area contributed by atoms with Gasteiger partial charge in [-0.1, -0.05) is 25.1 Å². The molecule has 0 aromatic heterocycles. The van der Waals surface area contributed by atoms with Crippen molar-refractivity contribution in [3.05, 3.63) is 54.1 Å². The zero-order chi connectivity index (χ0) is 17.4. The van der Waals surface area contributed by atoms with Gasteiger partial charge in [0.25, 0.3) is 5.91 Å². The highest BCUT2D eigenvalue weighted by atomic mass is 16.5. The highest BCUT2D eigenvalue weighted by molar-refractivity contribution is 5.81. The quantitative estimate of drug-likeness (QED) is 0.808. The first-order chi connectivity index (χ1) is 11.7. The van der Waals surface area contributed by atoms with E-state index in [0.717, 1.165) is 17.1 Å². The third kappa shape index (κ3) is 4.65. The van der Waals surface area contributed by atoms with Gasteiger partial charge in [-0.05, 0) is 36.8 Å². The average molecular weight is 329 g/mol. The minimum Gasteiger partial charge on any atom is -0.497 e. The number of amides is 1. The van der Waals surface area contributed by atoms with Crippen molar-refractivity contribution in [2.75, 3.05) is 14.2 Å². The average Bonchev–Trinajstić information content (AvgIpc) is 2.64. The molecule has 5 nitrogen and oxygen atoms in total. The number of carbonyl (C=O) groups excluding carboxylic acids is 1. The molecule has 2 aromatic rings. The lowest BCUT2D eigenvalue weighted by atomic mass is 10.2. The third-order valence-corrected chi connectivity index (χ3v) is 3.65. The summed E-state index contributed by atoms with van der Waals surface area (Å²) >= 11 is 0. The Morgan fingerprint density at radius 3 is 2.29 bits per heavy atom. The molecule has 1 atom stereocenters. The molecule has 0 aliphatic rings. The molecule has 0 saturated heterocycles. The summed E-state index contributed by atoms with van der Waals surface area (Å²) in [4.78, 5) is 12.4. The second-order valence-electron chi connectivity index (χ2n) is 5.22. The van der Waals surface area contributed by atoms with Crippen molar-refractivity contribution < 1.29 is 19.0 Å². The Morgan fingerprint density at radius 2 is 1.67 bits per heavy atom. The summed E-state index contributed by atoms with van der Waals surface area (Å²) in [6, 6.07) is 14.8. The number of ether oxygens (including phenoxy) is 3. The van der Waals surface area contributed by atoms with Crippen LogP contribution in [0.5, 0.6) is 17.2 Å². The zero-order valence-corrected chi connectivity index (χ0v) is 14.2. The molecule has 0 spiro atoms. The number of methoxy groups -OCH3 is 2. The highest BCUT2D eigenvalue weighted by Gasteiger charge is 2.18. The standard InChI is InChI=1S/C19H23NO4/c1-4-17(24-16-11-9-15(22-2)10-12-16)19(21)20-13-14-7-5-6-8-18(14)23-3/h5-12,17H,4,13H2,1-3H3,(H,20,21)/t17-/m0/s1. The van der Waals surface area contributed by atoms with E-state index in [1.165, 1.54) is 0 Å². The van der Waals surface area contributed by atoms with Crippen LogP contribution in [0.4, 0.5) is 0 Å². The van der Waals surface area contributed by atoms with Gasteiger partial charge < -0.3 is 19.5 Å². The third-order valence-electron chi connectivity index (χ3n) is 3.65. The maximum Gasteiger partial charge on any atom is 0.261 e. The van der Waals surface area contributed by atoms with Gasteiger partial charge in [0.2, 0.25) is 0 Å². The number of hydrogen-bond acceptors (Lipinski definition) is 4. The van der Waals surface area contributed by atoms with Crippen LogP contribution in [0.25, 0.3) is 0 Å². The van der Waals surface area contributed by atoms with Crippen LogP contribution in [-0.2, 0) is 11.3 Å². The van der Waals surface area contributed by atoms with E-state index in [2.05, 4.69) is 5.32 Å². The fourth-order valence-corrected chi connectivity index (χ4v) is 2.29. The number of para-hydroxylation sites is 1. The van der Waals surface area contributed by atoms with Crippen molar-refractivity contribution in [1.82, 2.24) is 5.32 Å². The van der Waals surface area contributed by atoms with Crippen molar-refractivity contribution in [2.45, 2.75) is 26.0 Å². The second kappa shape index (κ2) is 8.82. The molecule has 2 rings (SSSR count). The normalized spacial score (nSPS) is 11.5. The van der Waals surface area contributed by atoms with E-state index in [0.29, 0.717) is 18.7 Å². The largest absolute Gasteiger partial charge is 0.497 e. The summed E-state index contributed by atoms with van der Waals surface area (Å²) < 4.78 is 16.2. The van der Waals surface area contributed by atoms with E-state index in [-0.39, 0.29) is 5.91 Å². The lowest BCUT2D eigenvalue weighted by molar-refractivity contribution is -0.128. The van der Waals surface area contributed by atoms with E-state index in [9.17, 15) is 4.79 Å². The van der Waals surface area contributed by atoms with Crippen LogP contribution >= 0.6 is 0 Å². The Morgan fingerprint density at radius 1 is 1.00 bits per heavy atom. The Labute approximate surface area is 142 Å². The molecule has 0 fully saturated rings. The fraction of sp³-hybridized carbons (Fsp3) is 0.316. The number of rotatable bonds is 8. The van der Waals surface area contributed by atoms with Crippen LogP contribution in [0.15, 0.2) is 48.5 Å². The Hall–Kier alpha value is -2.69. The molecule has 5 heteroatoms. The van der Waals surface area contributed by atoms with Crippen molar-refractivity contribution in [3.63, 3.8) is 0 Å².